The second-order valence-corrected chi connectivity index (χ2v) is 6.30. The average Bonchev–Trinajstić information content (AvgIpc) is 2.05. The van der Waals surface area contributed by atoms with Gasteiger partial charge in [0, 0.05) is 9.13 Å². The van der Waals surface area contributed by atoms with Gasteiger partial charge in [-0.2, -0.15) is 0 Å². The highest BCUT2D eigenvalue weighted by Gasteiger charge is 2.19. The zero-order chi connectivity index (χ0) is 11.6. The lowest BCUT2D eigenvalue weighted by Gasteiger charge is -2.24. The fourth-order valence-electron chi connectivity index (χ4n) is 1.45. The molecule has 15 heavy (non-hydrogen) atoms. The molecule has 0 fully saturated rings. The van der Waals surface area contributed by atoms with Crippen LogP contribution in [-0.4, -0.2) is 6.10 Å². The molecule has 0 aliphatic carbocycles. The van der Waals surface area contributed by atoms with E-state index in [0.717, 1.165) is 5.75 Å². The Morgan fingerprint density at radius 3 is 2.27 bits per heavy atom. The van der Waals surface area contributed by atoms with Gasteiger partial charge in [-0.25, -0.2) is 0 Å². The van der Waals surface area contributed by atoms with Crippen LogP contribution in [0.1, 0.15) is 40.2 Å². The molecule has 1 rings (SSSR count). The monoisotopic (exact) mass is 318 g/mol. The Morgan fingerprint density at radius 2 is 1.80 bits per heavy atom. The molecule has 0 aliphatic heterocycles. The third-order valence-electron chi connectivity index (χ3n) is 2.11. The number of rotatable bonds is 2. The molecule has 0 saturated heterocycles. The highest BCUT2D eigenvalue weighted by molar-refractivity contribution is 14.1. The lowest BCUT2D eigenvalue weighted by molar-refractivity contribution is 0.236. The normalized spacial score (nSPS) is 11.9. The quantitative estimate of drug-likeness (QED) is 0.736. The molecular formula is C13H19IO. The summed E-state index contributed by atoms with van der Waals surface area (Å²) in [5.74, 6) is 1.01. The molecule has 0 radical (unpaired) electrons. The number of hydrogen-bond acceptors (Lipinski definition) is 1. The van der Waals surface area contributed by atoms with E-state index in [1.54, 1.807) is 0 Å². The molecule has 0 bridgehead atoms. The van der Waals surface area contributed by atoms with Crippen molar-refractivity contribution in [1.29, 1.82) is 0 Å². The molecule has 2 heteroatoms. The standard InChI is InChI=1S/C13H19IO/c1-9(2)15-12-7-6-10(14)8-11(12)13(3,4)5/h6-9H,1-5H3. The van der Waals surface area contributed by atoms with E-state index in [9.17, 15) is 0 Å². The Bertz CT molecular complexity index is 337. The van der Waals surface area contributed by atoms with E-state index in [4.69, 9.17) is 4.74 Å². The first-order valence-corrected chi connectivity index (χ1v) is 6.35. The van der Waals surface area contributed by atoms with Crippen molar-refractivity contribution in [2.24, 2.45) is 0 Å². The Balaban J connectivity index is 3.15. The second-order valence-electron chi connectivity index (χ2n) is 5.06. The topological polar surface area (TPSA) is 9.23 Å². The predicted molar refractivity (Wildman–Crippen MR) is 73.6 cm³/mol. The molecule has 84 valence electrons. The number of benzene rings is 1. The van der Waals surface area contributed by atoms with Crippen LogP contribution in [0.3, 0.4) is 0 Å². The van der Waals surface area contributed by atoms with Gasteiger partial charge in [0.2, 0.25) is 0 Å². The molecule has 0 N–H and O–H groups in total. The first-order valence-electron chi connectivity index (χ1n) is 5.27. The van der Waals surface area contributed by atoms with Gasteiger partial charge in [-0.1, -0.05) is 20.8 Å². The van der Waals surface area contributed by atoms with Crippen LogP contribution in [0.2, 0.25) is 0 Å². The Labute approximate surface area is 106 Å². The number of hydrogen-bond donors (Lipinski definition) is 0. The molecule has 1 aromatic rings. The van der Waals surface area contributed by atoms with E-state index in [1.165, 1.54) is 9.13 Å². The lowest BCUT2D eigenvalue weighted by atomic mass is 9.86. The van der Waals surface area contributed by atoms with Crippen LogP contribution in [0, 0.1) is 3.57 Å². The zero-order valence-corrected chi connectivity index (χ0v) is 12.3. The van der Waals surface area contributed by atoms with Gasteiger partial charge >= 0.3 is 0 Å². The fraction of sp³-hybridized carbons (Fsp3) is 0.538. The van der Waals surface area contributed by atoms with E-state index in [1.807, 2.05) is 0 Å². The van der Waals surface area contributed by atoms with Crippen LogP contribution >= 0.6 is 22.6 Å². The van der Waals surface area contributed by atoms with E-state index in [0.29, 0.717) is 0 Å². The van der Waals surface area contributed by atoms with E-state index in [2.05, 4.69) is 75.4 Å². The van der Waals surface area contributed by atoms with Crippen molar-refractivity contribution in [3.63, 3.8) is 0 Å². The third-order valence-corrected chi connectivity index (χ3v) is 2.78. The Hall–Kier alpha value is -0.250. The molecule has 0 aromatic heterocycles. The van der Waals surface area contributed by atoms with E-state index in [-0.39, 0.29) is 11.5 Å². The molecule has 0 atom stereocenters. The Kier molecular flexibility index (Phi) is 4.04. The maximum atomic E-state index is 5.82. The van der Waals surface area contributed by atoms with Crippen LogP contribution in [0.4, 0.5) is 0 Å². The molecule has 1 aromatic carbocycles. The average molecular weight is 318 g/mol. The van der Waals surface area contributed by atoms with Crippen molar-refractivity contribution >= 4 is 22.6 Å². The van der Waals surface area contributed by atoms with Crippen LogP contribution in [-0.2, 0) is 5.41 Å². The Morgan fingerprint density at radius 1 is 1.20 bits per heavy atom. The van der Waals surface area contributed by atoms with Gasteiger partial charge < -0.3 is 4.74 Å². The second kappa shape index (κ2) is 4.73. The largest absolute Gasteiger partial charge is 0.491 e. The molecule has 0 spiro atoms. The molecule has 0 amide bonds. The SMILES string of the molecule is CC(C)Oc1ccc(I)cc1C(C)(C)C. The van der Waals surface area contributed by atoms with Crippen molar-refractivity contribution in [3.05, 3.63) is 27.3 Å². The van der Waals surface area contributed by atoms with Crippen molar-refractivity contribution < 1.29 is 4.74 Å². The van der Waals surface area contributed by atoms with Gasteiger partial charge in [-0.3, -0.25) is 0 Å². The molecular weight excluding hydrogens is 299 g/mol. The molecule has 0 unspecified atom stereocenters. The highest BCUT2D eigenvalue weighted by Crippen LogP contribution is 2.33. The smallest absolute Gasteiger partial charge is 0.123 e. The maximum absolute atomic E-state index is 5.82. The molecule has 1 nitrogen and oxygen atoms in total. The fourth-order valence-corrected chi connectivity index (χ4v) is 1.94. The zero-order valence-electron chi connectivity index (χ0n) is 10.1. The van der Waals surface area contributed by atoms with Crippen LogP contribution in [0.15, 0.2) is 18.2 Å². The van der Waals surface area contributed by atoms with Crippen molar-refractivity contribution in [2.45, 2.75) is 46.1 Å². The minimum absolute atomic E-state index is 0.130. The highest BCUT2D eigenvalue weighted by atomic mass is 127. The van der Waals surface area contributed by atoms with Crippen LogP contribution < -0.4 is 4.74 Å². The van der Waals surface area contributed by atoms with Crippen molar-refractivity contribution in [2.75, 3.05) is 0 Å². The van der Waals surface area contributed by atoms with Gasteiger partial charge in [0.1, 0.15) is 5.75 Å². The van der Waals surface area contributed by atoms with Crippen molar-refractivity contribution in [3.8, 4) is 5.75 Å². The molecule has 0 aliphatic rings. The summed E-state index contributed by atoms with van der Waals surface area (Å²) < 4.78 is 7.08. The van der Waals surface area contributed by atoms with Crippen LogP contribution in [0.25, 0.3) is 0 Å². The van der Waals surface area contributed by atoms with E-state index < -0.39 is 0 Å². The van der Waals surface area contributed by atoms with Gasteiger partial charge in [0.15, 0.2) is 0 Å². The first kappa shape index (κ1) is 12.8. The van der Waals surface area contributed by atoms with Crippen LogP contribution in [0.5, 0.6) is 5.75 Å². The summed E-state index contributed by atoms with van der Waals surface area (Å²) in [4.78, 5) is 0. The maximum Gasteiger partial charge on any atom is 0.123 e. The summed E-state index contributed by atoms with van der Waals surface area (Å²) in [5.41, 5.74) is 1.41. The van der Waals surface area contributed by atoms with Gasteiger partial charge in [0.05, 0.1) is 6.10 Å². The molecule has 0 saturated carbocycles. The number of halogens is 1. The third kappa shape index (κ3) is 3.67. The lowest BCUT2D eigenvalue weighted by Crippen LogP contribution is -2.16. The summed E-state index contributed by atoms with van der Waals surface area (Å²) in [6, 6.07) is 6.37. The van der Waals surface area contributed by atoms with Crippen molar-refractivity contribution in [1.82, 2.24) is 0 Å². The van der Waals surface area contributed by atoms with Gasteiger partial charge in [-0.15, -0.1) is 0 Å². The van der Waals surface area contributed by atoms with E-state index >= 15 is 0 Å². The minimum Gasteiger partial charge on any atom is -0.491 e. The molecule has 0 heterocycles. The summed E-state index contributed by atoms with van der Waals surface area (Å²) in [6.07, 6.45) is 0.228. The first-order chi connectivity index (χ1) is 6.80. The summed E-state index contributed by atoms with van der Waals surface area (Å²) in [6.45, 7) is 10.8. The summed E-state index contributed by atoms with van der Waals surface area (Å²) in [5, 5.41) is 0. The van der Waals surface area contributed by atoms with Gasteiger partial charge in [0.25, 0.3) is 0 Å². The predicted octanol–water partition coefficient (Wildman–Crippen LogP) is 4.38. The number of ether oxygens (including phenoxy) is 1. The summed E-state index contributed by atoms with van der Waals surface area (Å²) >= 11 is 2.34. The summed E-state index contributed by atoms with van der Waals surface area (Å²) in [7, 11) is 0. The minimum atomic E-state index is 0.130. The van der Waals surface area contributed by atoms with Gasteiger partial charge in [-0.05, 0) is 60.1 Å².